The Balaban J connectivity index is 0.00000264. The third-order valence-corrected chi connectivity index (χ3v) is 3.83. The van der Waals surface area contributed by atoms with Crippen LogP contribution in [0.25, 0.3) is 0 Å². The number of anilines is 1. The summed E-state index contributed by atoms with van der Waals surface area (Å²) in [5.74, 6) is -0.646. The second kappa shape index (κ2) is 9.24. The molecular weight excluding hydrogens is 336 g/mol. The van der Waals surface area contributed by atoms with Gasteiger partial charge in [0, 0.05) is 17.5 Å². The van der Waals surface area contributed by atoms with Crippen LogP contribution >= 0.6 is 23.7 Å². The molecule has 23 heavy (non-hydrogen) atoms. The molecule has 0 saturated heterocycles. The summed E-state index contributed by atoms with van der Waals surface area (Å²) in [7, 11) is 0. The number of nitrogens with two attached hydrogens (primary N) is 1. The van der Waals surface area contributed by atoms with E-state index < -0.39 is 6.04 Å². The van der Waals surface area contributed by atoms with Gasteiger partial charge in [-0.2, -0.15) is 0 Å². The fourth-order valence-electron chi connectivity index (χ4n) is 1.76. The Hall–Kier alpha value is -1.96. The topological polar surface area (TPSA) is 97.1 Å². The van der Waals surface area contributed by atoms with E-state index >= 15 is 0 Å². The quantitative estimate of drug-likeness (QED) is 0.737. The molecule has 0 saturated carbocycles. The van der Waals surface area contributed by atoms with Gasteiger partial charge in [-0.05, 0) is 25.6 Å². The van der Waals surface area contributed by atoms with Gasteiger partial charge < -0.3 is 16.4 Å². The predicted molar refractivity (Wildman–Crippen MR) is 94.1 cm³/mol. The van der Waals surface area contributed by atoms with Gasteiger partial charge in [-0.15, -0.1) is 23.7 Å². The smallest absolute Gasteiger partial charge is 0.271 e. The molecule has 0 spiro atoms. The Kier molecular flexibility index (Phi) is 7.67. The predicted octanol–water partition coefficient (Wildman–Crippen LogP) is 1.82. The van der Waals surface area contributed by atoms with Crippen molar-refractivity contribution in [2.45, 2.75) is 19.4 Å². The van der Waals surface area contributed by atoms with Crippen LogP contribution in [0, 0.1) is 0 Å². The molecule has 6 nitrogen and oxygen atoms in total. The van der Waals surface area contributed by atoms with E-state index in [9.17, 15) is 9.59 Å². The first-order valence-electron chi connectivity index (χ1n) is 6.91. The van der Waals surface area contributed by atoms with E-state index in [4.69, 9.17) is 5.73 Å². The lowest BCUT2D eigenvalue weighted by molar-refractivity contribution is -0.117. The van der Waals surface area contributed by atoms with Crippen LogP contribution in [0.15, 0.2) is 35.7 Å². The number of carbonyl (C=O) groups excluding carboxylic acids is 2. The third kappa shape index (κ3) is 5.63. The third-order valence-electron chi connectivity index (χ3n) is 2.92. The molecule has 2 aromatic rings. The molecule has 124 valence electrons. The van der Waals surface area contributed by atoms with Crippen molar-refractivity contribution in [3.05, 3.63) is 46.4 Å². The summed E-state index contributed by atoms with van der Waals surface area (Å²) in [4.78, 5) is 28.3. The highest BCUT2D eigenvalue weighted by Gasteiger charge is 2.18. The molecule has 4 N–H and O–H groups in total. The number of nitrogens with one attached hydrogen (secondary N) is 2. The van der Waals surface area contributed by atoms with Gasteiger partial charge >= 0.3 is 0 Å². The number of halogens is 1. The molecule has 1 unspecified atom stereocenters. The summed E-state index contributed by atoms with van der Waals surface area (Å²) in [5, 5.41) is 7.85. The molecule has 0 radical (unpaired) electrons. The minimum Gasteiger partial charge on any atom is -0.339 e. The van der Waals surface area contributed by atoms with Crippen molar-refractivity contribution in [1.82, 2.24) is 10.3 Å². The second-order valence-corrected chi connectivity index (χ2v) is 5.66. The molecule has 2 amide bonds. The normalized spacial score (nSPS) is 11.2. The molecule has 8 heteroatoms. The Labute approximate surface area is 144 Å². The lowest BCUT2D eigenvalue weighted by atomic mass is 10.2. The van der Waals surface area contributed by atoms with Gasteiger partial charge in [0.1, 0.15) is 11.7 Å². The highest BCUT2D eigenvalue weighted by molar-refractivity contribution is 7.09. The minimum atomic E-state index is -0.660. The summed E-state index contributed by atoms with van der Waals surface area (Å²) in [6, 6.07) is 8.42. The van der Waals surface area contributed by atoms with Crippen LogP contribution in [0.1, 0.15) is 22.4 Å². The number of carbonyl (C=O) groups is 2. The minimum absolute atomic E-state index is 0. The molecule has 0 fully saturated rings. The van der Waals surface area contributed by atoms with Crippen molar-refractivity contribution >= 4 is 41.2 Å². The molecule has 0 aliphatic heterocycles. The molecule has 0 aliphatic carbocycles. The average molecular weight is 355 g/mol. The molecule has 2 rings (SSSR count). The van der Waals surface area contributed by atoms with E-state index in [1.807, 2.05) is 18.2 Å². The first kappa shape index (κ1) is 19.1. The van der Waals surface area contributed by atoms with Gasteiger partial charge in [-0.3, -0.25) is 9.59 Å². The highest BCUT2D eigenvalue weighted by Crippen LogP contribution is 2.10. The molecule has 1 aromatic carbocycles. The first-order chi connectivity index (χ1) is 10.6. The van der Waals surface area contributed by atoms with Crippen molar-refractivity contribution in [1.29, 1.82) is 0 Å². The van der Waals surface area contributed by atoms with Crippen molar-refractivity contribution in [2.75, 3.05) is 11.9 Å². The van der Waals surface area contributed by atoms with E-state index in [1.54, 1.807) is 24.4 Å². The number of aromatic nitrogens is 1. The van der Waals surface area contributed by atoms with E-state index in [0.29, 0.717) is 24.3 Å². The van der Waals surface area contributed by atoms with E-state index in [2.05, 4.69) is 15.6 Å². The lowest BCUT2D eigenvalue weighted by Gasteiger charge is -2.13. The zero-order chi connectivity index (χ0) is 15.9. The summed E-state index contributed by atoms with van der Waals surface area (Å²) >= 11 is 1.39. The number of amides is 2. The monoisotopic (exact) mass is 354 g/mol. The van der Waals surface area contributed by atoms with Gasteiger partial charge in [-0.25, -0.2) is 4.98 Å². The van der Waals surface area contributed by atoms with Crippen LogP contribution < -0.4 is 16.4 Å². The first-order valence-corrected chi connectivity index (χ1v) is 7.79. The van der Waals surface area contributed by atoms with Crippen molar-refractivity contribution < 1.29 is 9.59 Å². The molecular formula is C15H19ClN4O2S. The van der Waals surface area contributed by atoms with Crippen LogP contribution in [0.2, 0.25) is 0 Å². The fraction of sp³-hybridized carbons (Fsp3) is 0.267. The molecule has 0 bridgehead atoms. The number of hydrogen-bond acceptors (Lipinski definition) is 5. The number of rotatable bonds is 6. The average Bonchev–Trinajstić information content (AvgIpc) is 2.97. The van der Waals surface area contributed by atoms with Gasteiger partial charge in [0.25, 0.3) is 5.91 Å². The van der Waals surface area contributed by atoms with E-state index in [0.717, 1.165) is 5.01 Å². The van der Waals surface area contributed by atoms with Crippen molar-refractivity contribution in [3.63, 3.8) is 0 Å². The van der Waals surface area contributed by atoms with Gasteiger partial charge in [0.2, 0.25) is 5.91 Å². The number of hydrogen-bond donors (Lipinski definition) is 3. The van der Waals surface area contributed by atoms with E-state index in [1.165, 1.54) is 11.3 Å². The van der Waals surface area contributed by atoms with Gasteiger partial charge in [0.15, 0.2) is 0 Å². The number of benzene rings is 1. The van der Waals surface area contributed by atoms with Crippen LogP contribution in [-0.2, 0) is 11.2 Å². The fourth-order valence-corrected chi connectivity index (χ4v) is 2.56. The Bertz CT molecular complexity index is 648. The summed E-state index contributed by atoms with van der Waals surface area (Å²) < 4.78 is 0. The largest absolute Gasteiger partial charge is 0.339 e. The highest BCUT2D eigenvalue weighted by atomic mass is 35.5. The Morgan fingerprint density at radius 1 is 1.30 bits per heavy atom. The molecule has 1 atom stereocenters. The lowest BCUT2D eigenvalue weighted by Crippen LogP contribution is -2.41. The zero-order valence-corrected chi connectivity index (χ0v) is 14.2. The second-order valence-electron chi connectivity index (χ2n) is 4.72. The number of para-hydroxylation sites is 1. The Morgan fingerprint density at radius 3 is 2.65 bits per heavy atom. The summed E-state index contributed by atoms with van der Waals surface area (Å²) in [6.45, 7) is 2.12. The van der Waals surface area contributed by atoms with Crippen LogP contribution in [0.4, 0.5) is 5.69 Å². The maximum atomic E-state index is 12.1. The number of thiazole rings is 1. The molecule has 0 aliphatic rings. The van der Waals surface area contributed by atoms with Crippen LogP contribution in [-0.4, -0.2) is 29.4 Å². The molecule has 1 heterocycles. The van der Waals surface area contributed by atoms with E-state index in [-0.39, 0.29) is 24.2 Å². The van der Waals surface area contributed by atoms with Gasteiger partial charge in [-0.1, -0.05) is 18.2 Å². The van der Waals surface area contributed by atoms with Crippen LogP contribution in [0.5, 0.6) is 0 Å². The number of nitrogens with zero attached hydrogens (tertiary/aromatic N) is 1. The standard InChI is InChI=1S/C15H18N4O2S.ClH/c1-10(14(20)18-11-5-3-2-4-6-11)17-15(21)12-9-22-13(19-12)7-8-16;/h2-6,9-10H,7-8,16H2,1H3,(H,17,21)(H,18,20);1H. The Morgan fingerprint density at radius 2 is 2.00 bits per heavy atom. The molecule has 1 aromatic heterocycles. The summed E-state index contributed by atoms with van der Waals surface area (Å²) in [5.41, 5.74) is 6.45. The maximum absolute atomic E-state index is 12.1. The van der Waals surface area contributed by atoms with Crippen molar-refractivity contribution in [3.8, 4) is 0 Å². The van der Waals surface area contributed by atoms with Crippen molar-refractivity contribution in [2.24, 2.45) is 5.73 Å². The van der Waals surface area contributed by atoms with Gasteiger partial charge in [0.05, 0.1) is 5.01 Å². The zero-order valence-electron chi connectivity index (χ0n) is 12.6. The SMILES string of the molecule is CC(NC(=O)c1csc(CCN)n1)C(=O)Nc1ccccc1.Cl. The maximum Gasteiger partial charge on any atom is 0.271 e. The summed E-state index contributed by atoms with van der Waals surface area (Å²) in [6.07, 6.45) is 0.641. The van der Waals surface area contributed by atoms with Crippen LogP contribution in [0.3, 0.4) is 0 Å².